The maximum Gasteiger partial charge on any atom is 0.310 e. The van der Waals surface area contributed by atoms with Crippen LogP contribution in [0.1, 0.15) is 23.1 Å². The van der Waals surface area contributed by atoms with Gasteiger partial charge in [-0.15, -0.1) is 0 Å². The van der Waals surface area contributed by atoms with E-state index in [0.717, 1.165) is 23.0 Å². The van der Waals surface area contributed by atoms with E-state index >= 15 is 0 Å². The smallest absolute Gasteiger partial charge is 0.310 e. The third-order valence-electron chi connectivity index (χ3n) is 3.70. The third kappa shape index (κ3) is 2.85. The molecule has 0 saturated carbocycles. The van der Waals surface area contributed by atoms with E-state index in [2.05, 4.69) is 30.5 Å². The topological polar surface area (TPSA) is 51.5 Å². The molecule has 1 N–H and O–H groups in total. The molecule has 0 fully saturated rings. The first-order chi connectivity index (χ1) is 9.56. The summed E-state index contributed by atoms with van der Waals surface area (Å²) in [6, 6.07) is 4.27. The summed E-state index contributed by atoms with van der Waals surface area (Å²) in [5, 5.41) is 10.1. The summed E-state index contributed by atoms with van der Waals surface area (Å²) in [5.41, 5.74) is 4.53. The Morgan fingerprint density at radius 1 is 1.30 bits per heavy atom. The Bertz CT molecular complexity index is 628. The van der Waals surface area contributed by atoms with Crippen LogP contribution in [-0.2, 0) is 22.5 Å². The second kappa shape index (κ2) is 6.09. The summed E-state index contributed by atoms with van der Waals surface area (Å²) in [5.74, 6) is -0.232. The zero-order chi connectivity index (χ0) is 14.7. The van der Waals surface area contributed by atoms with Gasteiger partial charge in [0.1, 0.15) is 0 Å². The number of fused-ring (bicyclic) bond motifs is 1. The van der Waals surface area contributed by atoms with E-state index in [0.29, 0.717) is 6.42 Å². The number of aryl methyl sites for hydroxylation is 3. The van der Waals surface area contributed by atoms with Gasteiger partial charge in [0.15, 0.2) is 0 Å². The van der Waals surface area contributed by atoms with Gasteiger partial charge in [-0.25, -0.2) is 0 Å². The van der Waals surface area contributed by atoms with Crippen molar-refractivity contribution in [1.29, 1.82) is 0 Å². The van der Waals surface area contributed by atoms with Crippen LogP contribution in [0.5, 0.6) is 0 Å². The Morgan fingerprint density at radius 3 is 2.65 bits per heavy atom. The number of aliphatic hydroxyl groups is 1. The number of rotatable bonds is 5. The summed E-state index contributed by atoms with van der Waals surface area (Å²) >= 11 is 0. The summed E-state index contributed by atoms with van der Waals surface area (Å²) < 4.78 is 6.87. The van der Waals surface area contributed by atoms with Gasteiger partial charge in [0, 0.05) is 30.3 Å². The molecule has 0 aliphatic heterocycles. The molecular weight excluding hydrogens is 254 g/mol. The van der Waals surface area contributed by atoms with Crippen molar-refractivity contribution < 1.29 is 14.6 Å². The molecule has 0 aliphatic rings. The van der Waals surface area contributed by atoms with Crippen molar-refractivity contribution in [2.45, 2.75) is 33.2 Å². The molecule has 108 valence electrons. The fraction of sp³-hybridized carbons (Fsp3) is 0.438. The largest absolute Gasteiger partial charge is 0.469 e. The number of esters is 1. The summed E-state index contributed by atoms with van der Waals surface area (Å²) in [6.45, 7) is 5.06. The van der Waals surface area contributed by atoms with E-state index in [4.69, 9.17) is 9.84 Å². The number of hydrogen-bond acceptors (Lipinski definition) is 3. The van der Waals surface area contributed by atoms with Crippen molar-refractivity contribution in [3.8, 4) is 0 Å². The quantitative estimate of drug-likeness (QED) is 0.852. The minimum absolute atomic E-state index is 0.164. The van der Waals surface area contributed by atoms with E-state index in [1.54, 1.807) is 0 Å². The van der Waals surface area contributed by atoms with Gasteiger partial charge in [-0.05, 0) is 49.1 Å². The number of aromatic nitrogens is 1. The zero-order valence-electron chi connectivity index (χ0n) is 12.3. The number of ether oxygens (including phenoxy) is 1. The molecule has 20 heavy (non-hydrogen) atoms. The van der Waals surface area contributed by atoms with E-state index in [-0.39, 0.29) is 19.0 Å². The predicted octanol–water partition coefficient (Wildman–Crippen LogP) is 2.36. The van der Waals surface area contributed by atoms with Crippen LogP contribution in [0.15, 0.2) is 18.3 Å². The van der Waals surface area contributed by atoms with Gasteiger partial charge in [-0.1, -0.05) is 0 Å². The van der Waals surface area contributed by atoms with Crippen molar-refractivity contribution in [3.05, 3.63) is 35.0 Å². The first-order valence-corrected chi connectivity index (χ1v) is 6.83. The van der Waals surface area contributed by atoms with Crippen LogP contribution in [0.4, 0.5) is 0 Å². The Labute approximate surface area is 119 Å². The average Bonchev–Trinajstić information content (AvgIpc) is 2.74. The lowest BCUT2D eigenvalue weighted by Gasteiger charge is -2.06. The molecule has 0 spiro atoms. The van der Waals surface area contributed by atoms with Gasteiger partial charge in [0.2, 0.25) is 0 Å². The van der Waals surface area contributed by atoms with Crippen molar-refractivity contribution in [2.24, 2.45) is 0 Å². The first kappa shape index (κ1) is 14.6. The van der Waals surface area contributed by atoms with E-state index in [1.807, 2.05) is 6.20 Å². The van der Waals surface area contributed by atoms with Gasteiger partial charge in [0.05, 0.1) is 13.5 Å². The van der Waals surface area contributed by atoms with Crippen molar-refractivity contribution in [2.75, 3.05) is 13.7 Å². The second-order valence-electron chi connectivity index (χ2n) is 5.13. The molecule has 2 rings (SSSR count). The molecule has 0 bridgehead atoms. The standard InChI is InChI=1S/C16H21NO3/c1-11-7-14-13(9-16(19)20-3)10-17(5-4-6-18)15(14)8-12(11)2/h7-8,10,18H,4-6,9H2,1-3H3. The number of carbonyl (C=O) groups is 1. The van der Waals surface area contributed by atoms with Crippen LogP contribution in [0.2, 0.25) is 0 Å². The van der Waals surface area contributed by atoms with Crippen molar-refractivity contribution in [3.63, 3.8) is 0 Å². The highest BCUT2D eigenvalue weighted by atomic mass is 16.5. The number of carbonyl (C=O) groups excluding carboxylic acids is 1. The molecule has 0 radical (unpaired) electrons. The van der Waals surface area contributed by atoms with Crippen LogP contribution < -0.4 is 0 Å². The SMILES string of the molecule is COC(=O)Cc1cn(CCCO)c2cc(C)c(C)cc12. The van der Waals surface area contributed by atoms with Gasteiger partial charge in [-0.3, -0.25) is 4.79 Å². The molecule has 2 aromatic rings. The predicted molar refractivity (Wildman–Crippen MR) is 78.8 cm³/mol. The van der Waals surface area contributed by atoms with Gasteiger partial charge in [-0.2, -0.15) is 0 Å². The molecular formula is C16H21NO3. The van der Waals surface area contributed by atoms with Crippen LogP contribution >= 0.6 is 0 Å². The van der Waals surface area contributed by atoms with Gasteiger partial charge < -0.3 is 14.4 Å². The molecule has 1 heterocycles. The number of aliphatic hydroxyl groups excluding tert-OH is 1. The molecule has 0 saturated heterocycles. The Hall–Kier alpha value is -1.81. The lowest BCUT2D eigenvalue weighted by Crippen LogP contribution is -2.04. The minimum Gasteiger partial charge on any atom is -0.469 e. The van der Waals surface area contributed by atoms with E-state index < -0.39 is 0 Å². The first-order valence-electron chi connectivity index (χ1n) is 6.83. The maximum absolute atomic E-state index is 11.5. The number of hydrogen-bond donors (Lipinski definition) is 1. The average molecular weight is 275 g/mol. The number of nitrogens with zero attached hydrogens (tertiary/aromatic N) is 1. The molecule has 0 amide bonds. The molecule has 1 aromatic carbocycles. The highest BCUT2D eigenvalue weighted by molar-refractivity contribution is 5.89. The Balaban J connectivity index is 2.51. The number of methoxy groups -OCH3 is 1. The monoisotopic (exact) mass is 275 g/mol. The fourth-order valence-corrected chi connectivity index (χ4v) is 2.42. The Morgan fingerprint density at radius 2 is 2.00 bits per heavy atom. The van der Waals surface area contributed by atoms with Crippen LogP contribution in [-0.4, -0.2) is 29.4 Å². The second-order valence-corrected chi connectivity index (χ2v) is 5.13. The molecule has 4 heteroatoms. The van der Waals surface area contributed by atoms with Gasteiger partial charge in [0.25, 0.3) is 0 Å². The Kier molecular flexibility index (Phi) is 4.45. The summed E-state index contributed by atoms with van der Waals surface area (Å²) in [7, 11) is 1.41. The van der Waals surface area contributed by atoms with E-state index in [1.165, 1.54) is 18.2 Å². The highest BCUT2D eigenvalue weighted by Crippen LogP contribution is 2.26. The van der Waals surface area contributed by atoms with Crippen LogP contribution in [0.3, 0.4) is 0 Å². The minimum atomic E-state index is -0.232. The van der Waals surface area contributed by atoms with Crippen LogP contribution in [0, 0.1) is 13.8 Å². The fourth-order valence-electron chi connectivity index (χ4n) is 2.42. The maximum atomic E-state index is 11.5. The molecule has 1 aromatic heterocycles. The lowest BCUT2D eigenvalue weighted by molar-refractivity contribution is -0.139. The molecule has 0 unspecified atom stereocenters. The molecule has 0 atom stereocenters. The normalized spacial score (nSPS) is 11.0. The summed E-state index contributed by atoms with van der Waals surface area (Å²) in [6.07, 6.45) is 2.98. The molecule has 4 nitrogen and oxygen atoms in total. The van der Waals surface area contributed by atoms with E-state index in [9.17, 15) is 4.79 Å². The highest BCUT2D eigenvalue weighted by Gasteiger charge is 2.13. The van der Waals surface area contributed by atoms with Crippen molar-refractivity contribution >= 4 is 16.9 Å². The number of benzene rings is 1. The summed E-state index contributed by atoms with van der Waals surface area (Å²) in [4.78, 5) is 11.5. The molecule has 0 aliphatic carbocycles. The third-order valence-corrected chi connectivity index (χ3v) is 3.70. The lowest BCUT2D eigenvalue weighted by atomic mass is 10.0. The zero-order valence-corrected chi connectivity index (χ0v) is 12.3. The van der Waals surface area contributed by atoms with Crippen molar-refractivity contribution in [1.82, 2.24) is 4.57 Å². The van der Waals surface area contributed by atoms with Gasteiger partial charge >= 0.3 is 5.97 Å². The van der Waals surface area contributed by atoms with Crippen LogP contribution in [0.25, 0.3) is 10.9 Å².